The fourth-order valence-corrected chi connectivity index (χ4v) is 2.59. The second-order valence-electron chi connectivity index (χ2n) is 4.45. The topological polar surface area (TPSA) is 47.9 Å². The Kier molecular flexibility index (Phi) is 4.22. The molecule has 22 heavy (non-hydrogen) atoms. The molecule has 0 unspecified atom stereocenters. The molecule has 4 nitrogen and oxygen atoms in total. The SMILES string of the molecule is COc1cccc(-c2ccccc2)c1-c1nc(Cl)nc(Cl)n1. The van der Waals surface area contributed by atoms with Gasteiger partial charge in [-0.2, -0.15) is 15.0 Å². The van der Waals surface area contributed by atoms with E-state index in [9.17, 15) is 0 Å². The Morgan fingerprint density at radius 3 is 2.14 bits per heavy atom. The number of nitrogens with zero attached hydrogens (tertiary/aromatic N) is 3. The van der Waals surface area contributed by atoms with Crippen LogP contribution in [0.25, 0.3) is 22.5 Å². The van der Waals surface area contributed by atoms with Crippen LogP contribution in [0.2, 0.25) is 10.6 Å². The van der Waals surface area contributed by atoms with Gasteiger partial charge in [-0.25, -0.2) is 0 Å². The van der Waals surface area contributed by atoms with Crippen LogP contribution in [-0.4, -0.2) is 22.1 Å². The van der Waals surface area contributed by atoms with Gasteiger partial charge in [0.1, 0.15) is 5.75 Å². The lowest BCUT2D eigenvalue weighted by molar-refractivity contribution is 0.416. The van der Waals surface area contributed by atoms with Gasteiger partial charge in [0.05, 0.1) is 12.7 Å². The molecule has 0 radical (unpaired) electrons. The van der Waals surface area contributed by atoms with E-state index >= 15 is 0 Å². The molecule has 0 bridgehead atoms. The summed E-state index contributed by atoms with van der Waals surface area (Å²) in [6.45, 7) is 0. The van der Waals surface area contributed by atoms with Gasteiger partial charge in [-0.1, -0.05) is 42.5 Å². The summed E-state index contributed by atoms with van der Waals surface area (Å²) >= 11 is 11.8. The summed E-state index contributed by atoms with van der Waals surface area (Å²) in [4.78, 5) is 12.1. The number of aromatic nitrogens is 3. The average Bonchev–Trinajstić information content (AvgIpc) is 2.54. The first-order valence-corrected chi connectivity index (χ1v) is 7.24. The first-order valence-electron chi connectivity index (χ1n) is 6.49. The van der Waals surface area contributed by atoms with Gasteiger partial charge in [0.2, 0.25) is 10.6 Å². The predicted octanol–water partition coefficient (Wildman–Crippen LogP) is 4.52. The van der Waals surface area contributed by atoms with Crippen LogP contribution in [-0.2, 0) is 0 Å². The molecule has 0 saturated heterocycles. The lowest BCUT2D eigenvalue weighted by atomic mass is 9.98. The molecule has 0 fully saturated rings. The van der Waals surface area contributed by atoms with Gasteiger partial charge in [0.15, 0.2) is 5.82 Å². The van der Waals surface area contributed by atoms with E-state index < -0.39 is 0 Å². The Hall–Kier alpha value is -2.17. The number of ether oxygens (including phenoxy) is 1. The van der Waals surface area contributed by atoms with Crippen LogP contribution in [0.4, 0.5) is 0 Å². The van der Waals surface area contributed by atoms with E-state index in [1.807, 2.05) is 48.5 Å². The summed E-state index contributed by atoms with van der Waals surface area (Å²) in [7, 11) is 1.60. The van der Waals surface area contributed by atoms with Crippen LogP contribution in [0, 0.1) is 0 Å². The fourth-order valence-electron chi connectivity index (χ4n) is 2.23. The minimum atomic E-state index is 0.0416. The Labute approximate surface area is 137 Å². The molecule has 0 amide bonds. The monoisotopic (exact) mass is 331 g/mol. The van der Waals surface area contributed by atoms with E-state index in [4.69, 9.17) is 27.9 Å². The molecule has 0 spiro atoms. The number of hydrogen-bond donors (Lipinski definition) is 0. The highest BCUT2D eigenvalue weighted by molar-refractivity contribution is 6.31. The lowest BCUT2D eigenvalue weighted by Gasteiger charge is -2.13. The number of rotatable bonds is 3. The Morgan fingerprint density at radius 2 is 1.50 bits per heavy atom. The molecule has 2 aromatic carbocycles. The third-order valence-corrected chi connectivity index (χ3v) is 3.47. The van der Waals surface area contributed by atoms with Gasteiger partial charge >= 0.3 is 0 Å². The maximum atomic E-state index is 5.91. The number of benzene rings is 2. The molecule has 1 aromatic heterocycles. The Balaban J connectivity index is 2.29. The maximum absolute atomic E-state index is 5.91. The molecule has 1 heterocycles. The van der Waals surface area contributed by atoms with Crippen LogP contribution in [0.5, 0.6) is 5.75 Å². The minimum Gasteiger partial charge on any atom is -0.496 e. The minimum absolute atomic E-state index is 0.0416. The molecular formula is C16H11Cl2N3O. The second kappa shape index (κ2) is 6.30. The number of methoxy groups -OCH3 is 1. The first kappa shape index (κ1) is 14.8. The number of halogens is 2. The summed E-state index contributed by atoms with van der Waals surface area (Å²) in [5.41, 5.74) is 2.67. The average molecular weight is 332 g/mol. The standard InChI is InChI=1S/C16H11Cl2N3O/c1-22-12-9-5-8-11(10-6-3-2-4-7-10)13(12)14-19-15(17)21-16(18)20-14/h2-9H,1H3. The Bertz CT molecular complexity index is 789. The quantitative estimate of drug-likeness (QED) is 0.707. The van der Waals surface area contributed by atoms with Crippen molar-refractivity contribution in [3.8, 4) is 28.3 Å². The third kappa shape index (κ3) is 2.89. The largest absolute Gasteiger partial charge is 0.496 e. The van der Waals surface area contributed by atoms with E-state index in [1.165, 1.54) is 0 Å². The summed E-state index contributed by atoms with van der Waals surface area (Å²) in [6.07, 6.45) is 0. The molecule has 3 aromatic rings. The van der Waals surface area contributed by atoms with E-state index in [0.29, 0.717) is 11.6 Å². The van der Waals surface area contributed by atoms with Gasteiger partial charge < -0.3 is 4.74 Å². The molecule has 0 N–H and O–H groups in total. The molecule has 110 valence electrons. The summed E-state index contributed by atoms with van der Waals surface area (Å²) in [6, 6.07) is 15.6. The van der Waals surface area contributed by atoms with Gasteiger partial charge in [-0.3, -0.25) is 0 Å². The van der Waals surface area contributed by atoms with Crippen LogP contribution in [0.3, 0.4) is 0 Å². The molecule has 3 rings (SSSR count). The van der Waals surface area contributed by atoms with Gasteiger partial charge in [0.25, 0.3) is 0 Å². The molecule has 0 aliphatic rings. The first-order chi connectivity index (χ1) is 10.7. The van der Waals surface area contributed by atoms with Crippen LogP contribution in [0.15, 0.2) is 48.5 Å². The van der Waals surface area contributed by atoms with Crippen molar-refractivity contribution in [1.29, 1.82) is 0 Å². The molecule has 0 saturated carbocycles. The summed E-state index contributed by atoms with van der Waals surface area (Å²) in [5, 5.41) is 0.0832. The highest BCUT2D eigenvalue weighted by atomic mass is 35.5. The van der Waals surface area contributed by atoms with E-state index in [2.05, 4.69) is 15.0 Å². The zero-order valence-electron chi connectivity index (χ0n) is 11.6. The van der Waals surface area contributed by atoms with Crippen molar-refractivity contribution in [2.75, 3.05) is 7.11 Å². The molecule has 0 aliphatic carbocycles. The molecule has 0 atom stereocenters. The maximum Gasteiger partial charge on any atom is 0.227 e. The predicted molar refractivity (Wildman–Crippen MR) is 87.3 cm³/mol. The zero-order valence-corrected chi connectivity index (χ0v) is 13.1. The van der Waals surface area contributed by atoms with Crippen LogP contribution < -0.4 is 4.74 Å². The van der Waals surface area contributed by atoms with Crippen molar-refractivity contribution in [2.24, 2.45) is 0 Å². The van der Waals surface area contributed by atoms with Crippen LogP contribution in [0.1, 0.15) is 0 Å². The molecule has 6 heteroatoms. The van der Waals surface area contributed by atoms with Crippen LogP contribution >= 0.6 is 23.2 Å². The smallest absolute Gasteiger partial charge is 0.227 e. The van der Waals surface area contributed by atoms with E-state index in [0.717, 1.165) is 16.7 Å². The molecule has 0 aliphatic heterocycles. The van der Waals surface area contributed by atoms with E-state index in [1.54, 1.807) is 7.11 Å². The van der Waals surface area contributed by atoms with Gasteiger partial charge in [-0.15, -0.1) is 0 Å². The third-order valence-electron chi connectivity index (χ3n) is 3.14. The lowest BCUT2D eigenvalue weighted by Crippen LogP contribution is -1.98. The van der Waals surface area contributed by atoms with Crippen molar-refractivity contribution in [3.05, 3.63) is 59.1 Å². The highest BCUT2D eigenvalue weighted by Crippen LogP contribution is 2.37. The zero-order chi connectivity index (χ0) is 15.5. The normalized spacial score (nSPS) is 10.5. The second-order valence-corrected chi connectivity index (χ2v) is 5.12. The number of hydrogen-bond acceptors (Lipinski definition) is 4. The highest BCUT2D eigenvalue weighted by Gasteiger charge is 2.17. The van der Waals surface area contributed by atoms with Crippen molar-refractivity contribution >= 4 is 23.2 Å². The van der Waals surface area contributed by atoms with Crippen molar-refractivity contribution < 1.29 is 4.74 Å². The molecular weight excluding hydrogens is 321 g/mol. The Morgan fingerprint density at radius 1 is 0.818 bits per heavy atom. The summed E-state index contributed by atoms with van der Waals surface area (Å²) in [5.74, 6) is 1.01. The van der Waals surface area contributed by atoms with E-state index in [-0.39, 0.29) is 10.6 Å². The van der Waals surface area contributed by atoms with Gasteiger partial charge in [-0.05, 0) is 40.4 Å². The van der Waals surface area contributed by atoms with Crippen molar-refractivity contribution in [2.45, 2.75) is 0 Å². The fraction of sp³-hybridized carbons (Fsp3) is 0.0625. The summed E-state index contributed by atoms with van der Waals surface area (Å²) < 4.78 is 5.46. The van der Waals surface area contributed by atoms with Gasteiger partial charge in [0, 0.05) is 0 Å². The van der Waals surface area contributed by atoms with Crippen molar-refractivity contribution in [1.82, 2.24) is 15.0 Å². The van der Waals surface area contributed by atoms with Crippen molar-refractivity contribution in [3.63, 3.8) is 0 Å².